The molecule has 0 aliphatic carbocycles. The minimum atomic E-state index is -3.45. The zero-order chi connectivity index (χ0) is 21.3. The molecule has 158 valence electrons. The van der Waals surface area contributed by atoms with Gasteiger partial charge in [-0.25, -0.2) is 0 Å². The van der Waals surface area contributed by atoms with E-state index in [1.165, 1.54) is 28.3 Å². The summed E-state index contributed by atoms with van der Waals surface area (Å²) in [5.74, 6) is -0.0556. The molecule has 2 heterocycles. The maximum atomic E-state index is 13.3. The average molecular weight is 427 g/mol. The van der Waals surface area contributed by atoms with E-state index in [0.29, 0.717) is 38.3 Å². The molecule has 0 saturated carbocycles. The molecule has 1 aromatic heterocycles. The number of rotatable bonds is 5. The predicted molar refractivity (Wildman–Crippen MR) is 118 cm³/mol. The molecule has 0 atom stereocenters. The van der Waals surface area contributed by atoms with Gasteiger partial charge in [0.25, 0.3) is 16.1 Å². The van der Waals surface area contributed by atoms with Gasteiger partial charge in [0.2, 0.25) is 0 Å². The van der Waals surface area contributed by atoms with Gasteiger partial charge in [0.1, 0.15) is 0 Å². The van der Waals surface area contributed by atoms with Gasteiger partial charge in [0.05, 0.1) is 5.56 Å². The molecule has 0 bridgehead atoms. The first-order chi connectivity index (χ1) is 14.4. The number of benzene rings is 2. The Kier molecular flexibility index (Phi) is 5.64. The van der Waals surface area contributed by atoms with Gasteiger partial charge >= 0.3 is 0 Å². The third kappa shape index (κ3) is 3.86. The highest BCUT2D eigenvalue weighted by atomic mass is 32.2. The molecule has 2 aromatic carbocycles. The molecule has 1 aliphatic rings. The van der Waals surface area contributed by atoms with E-state index in [1.54, 1.807) is 4.90 Å². The summed E-state index contributed by atoms with van der Waals surface area (Å²) in [6.45, 7) is 2.04. The van der Waals surface area contributed by atoms with E-state index >= 15 is 0 Å². The van der Waals surface area contributed by atoms with Crippen LogP contribution in [0.3, 0.4) is 0 Å². The first-order valence-electron chi connectivity index (χ1n) is 9.96. The van der Waals surface area contributed by atoms with Crippen LogP contribution in [0, 0.1) is 0 Å². The van der Waals surface area contributed by atoms with Crippen LogP contribution in [0.25, 0.3) is 10.9 Å². The van der Waals surface area contributed by atoms with Gasteiger partial charge in [-0.1, -0.05) is 48.5 Å². The number of fused-ring (bicyclic) bond motifs is 1. The van der Waals surface area contributed by atoms with E-state index in [2.05, 4.69) is 16.7 Å². The number of amides is 1. The van der Waals surface area contributed by atoms with Gasteiger partial charge in [0, 0.05) is 63.9 Å². The molecule has 0 radical (unpaired) electrons. The fraction of sp³-hybridized carbons (Fsp3) is 0.318. The van der Waals surface area contributed by atoms with Crippen LogP contribution in [0.4, 0.5) is 0 Å². The molecule has 8 heteroatoms. The fourth-order valence-electron chi connectivity index (χ4n) is 3.85. The van der Waals surface area contributed by atoms with Crippen molar-refractivity contribution in [3.8, 4) is 0 Å². The molecule has 1 aliphatic heterocycles. The molecule has 7 nitrogen and oxygen atoms in total. The first kappa shape index (κ1) is 20.6. The second-order valence-corrected chi connectivity index (χ2v) is 9.80. The number of carbonyl (C=O) groups is 1. The second-order valence-electron chi connectivity index (χ2n) is 7.65. The molecule has 4 rings (SSSR count). The number of hydrogen-bond acceptors (Lipinski definition) is 3. The summed E-state index contributed by atoms with van der Waals surface area (Å²) in [6, 6.07) is 18.1. The highest BCUT2D eigenvalue weighted by molar-refractivity contribution is 7.86. The van der Waals surface area contributed by atoms with E-state index in [4.69, 9.17) is 0 Å². The Balaban J connectivity index is 1.57. The SMILES string of the molecule is CN(C)S(=O)(=O)N1CCN(C(=O)c2cn(Cc3ccccc3)c3ccccc23)CC1. The highest BCUT2D eigenvalue weighted by Gasteiger charge is 2.31. The Hall–Kier alpha value is -2.68. The minimum Gasteiger partial charge on any atom is -0.342 e. The Bertz CT molecular complexity index is 1150. The molecule has 1 amide bonds. The van der Waals surface area contributed by atoms with Gasteiger partial charge in [-0.05, 0) is 11.6 Å². The van der Waals surface area contributed by atoms with Crippen LogP contribution in [0.2, 0.25) is 0 Å². The Morgan fingerprint density at radius 3 is 2.23 bits per heavy atom. The topological polar surface area (TPSA) is 65.9 Å². The molecule has 3 aromatic rings. The minimum absolute atomic E-state index is 0.0556. The van der Waals surface area contributed by atoms with Crippen molar-refractivity contribution in [2.75, 3.05) is 40.3 Å². The molecule has 0 N–H and O–H groups in total. The number of nitrogens with zero attached hydrogens (tertiary/aromatic N) is 4. The van der Waals surface area contributed by atoms with Crippen molar-refractivity contribution >= 4 is 27.0 Å². The number of carbonyl (C=O) groups excluding carboxylic acids is 1. The monoisotopic (exact) mass is 426 g/mol. The Morgan fingerprint density at radius 1 is 0.933 bits per heavy atom. The van der Waals surface area contributed by atoms with E-state index in [-0.39, 0.29) is 5.91 Å². The summed E-state index contributed by atoms with van der Waals surface area (Å²) in [6.07, 6.45) is 1.92. The predicted octanol–water partition coefficient (Wildman–Crippen LogP) is 2.25. The van der Waals surface area contributed by atoms with E-state index in [0.717, 1.165) is 10.9 Å². The second kappa shape index (κ2) is 8.22. The van der Waals surface area contributed by atoms with E-state index in [9.17, 15) is 13.2 Å². The largest absolute Gasteiger partial charge is 0.342 e. The Morgan fingerprint density at radius 2 is 1.57 bits per heavy atom. The third-order valence-electron chi connectivity index (χ3n) is 5.53. The van der Waals surface area contributed by atoms with Crippen molar-refractivity contribution in [3.05, 3.63) is 71.9 Å². The average Bonchev–Trinajstić information content (AvgIpc) is 3.12. The van der Waals surface area contributed by atoms with Crippen LogP contribution < -0.4 is 0 Å². The van der Waals surface area contributed by atoms with Gasteiger partial charge in [-0.15, -0.1) is 0 Å². The van der Waals surface area contributed by atoms with Gasteiger partial charge < -0.3 is 9.47 Å². The molecular weight excluding hydrogens is 400 g/mol. The molecule has 30 heavy (non-hydrogen) atoms. The third-order valence-corrected chi connectivity index (χ3v) is 7.47. The van der Waals surface area contributed by atoms with Crippen molar-refractivity contribution in [3.63, 3.8) is 0 Å². The van der Waals surface area contributed by atoms with Crippen LogP contribution in [-0.4, -0.2) is 72.7 Å². The lowest BCUT2D eigenvalue weighted by Crippen LogP contribution is -2.53. The van der Waals surface area contributed by atoms with Crippen molar-refractivity contribution in [2.24, 2.45) is 0 Å². The lowest BCUT2D eigenvalue weighted by atomic mass is 10.1. The summed E-state index contributed by atoms with van der Waals surface area (Å²) in [7, 11) is -0.410. The van der Waals surface area contributed by atoms with Crippen molar-refractivity contribution in [1.82, 2.24) is 18.1 Å². The van der Waals surface area contributed by atoms with Gasteiger partial charge in [-0.2, -0.15) is 17.0 Å². The molecular formula is C22H26N4O3S. The summed E-state index contributed by atoms with van der Waals surface area (Å²) in [5.41, 5.74) is 2.84. The summed E-state index contributed by atoms with van der Waals surface area (Å²) in [5, 5.41) is 0.918. The van der Waals surface area contributed by atoms with Crippen LogP contribution in [0.1, 0.15) is 15.9 Å². The number of piperazine rings is 1. The van der Waals surface area contributed by atoms with E-state index in [1.807, 2.05) is 48.7 Å². The van der Waals surface area contributed by atoms with Crippen LogP contribution in [0.15, 0.2) is 60.8 Å². The number of hydrogen-bond donors (Lipinski definition) is 0. The van der Waals surface area contributed by atoms with Crippen molar-refractivity contribution < 1.29 is 13.2 Å². The lowest BCUT2D eigenvalue weighted by Gasteiger charge is -2.35. The fourth-order valence-corrected chi connectivity index (χ4v) is 4.94. The van der Waals surface area contributed by atoms with Gasteiger partial charge in [-0.3, -0.25) is 4.79 Å². The maximum absolute atomic E-state index is 13.3. The van der Waals surface area contributed by atoms with Crippen LogP contribution in [-0.2, 0) is 16.8 Å². The molecule has 0 unspecified atom stereocenters. The normalized spacial score (nSPS) is 15.8. The standard InChI is InChI=1S/C22H26N4O3S/c1-23(2)30(28,29)26-14-12-24(13-15-26)22(27)20-17-25(16-18-8-4-3-5-9-18)21-11-7-6-10-19(20)21/h3-11,17H,12-16H2,1-2H3. The molecule has 0 spiro atoms. The van der Waals surface area contributed by atoms with Crippen LogP contribution >= 0.6 is 0 Å². The summed E-state index contributed by atoms with van der Waals surface area (Å²) < 4.78 is 29.4. The lowest BCUT2D eigenvalue weighted by molar-refractivity contribution is 0.0697. The van der Waals surface area contributed by atoms with Crippen molar-refractivity contribution in [1.29, 1.82) is 0 Å². The Labute approximate surface area is 177 Å². The summed E-state index contributed by atoms with van der Waals surface area (Å²) in [4.78, 5) is 15.1. The summed E-state index contributed by atoms with van der Waals surface area (Å²) >= 11 is 0. The molecule has 1 fully saturated rings. The maximum Gasteiger partial charge on any atom is 0.281 e. The number of para-hydroxylation sites is 1. The van der Waals surface area contributed by atoms with E-state index < -0.39 is 10.2 Å². The first-order valence-corrected chi connectivity index (χ1v) is 11.4. The van der Waals surface area contributed by atoms with Crippen molar-refractivity contribution in [2.45, 2.75) is 6.54 Å². The van der Waals surface area contributed by atoms with Gasteiger partial charge in [0.15, 0.2) is 0 Å². The zero-order valence-corrected chi connectivity index (χ0v) is 18.0. The highest BCUT2D eigenvalue weighted by Crippen LogP contribution is 2.24. The zero-order valence-electron chi connectivity index (χ0n) is 17.2. The number of aromatic nitrogens is 1. The molecule has 1 saturated heterocycles. The van der Waals surface area contributed by atoms with Crippen LogP contribution in [0.5, 0.6) is 0 Å². The quantitative estimate of drug-likeness (QED) is 0.629. The smallest absolute Gasteiger partial charge is 0.281 e.